The Morgan fingerprint density at radius 2 is 1.72 bits per heavy atom. The van der Waals surface area contributed by atoms with Crippen molar-refractivity contribution in [3.63, 3.8) is 0 Å². The molecule has 2 fully saturated rings. The highest BCUT2D eigenvalue weighted by Crippen LogP contribution is 2.50. The van der Waals surface area contributed by atoms with Gasteiger partial charge in [-0.1, -0.05) is 42.3 Å². The maximum atomic E-state index is 14.1. The molecule has 3 aromatic rings. The lowest BCUT2D eigenvalue weighted by molar-refractivity contribution is -0.127. The number of primary amides is 1. The summed E-state index contributed by atoms with van der Waals surface area (Å²) in [6.07, 6.45) is 1.84. The Labute approximate surface area is 266 Å². The maximum absolute atomic E-state index is 14.1. The monoisotopic (exact) mass is 645 g/mol. The van der Waals surface area contributed by atoms with Crippen LogP contribution in [0, 0.1) is 0 Å². The minimum atomic E-state index is -0.804. The third-order valence-electron chi connectivity index (χ3n) is 9.31. The van der Waals surface area contributed by atoms with Crippen molar-refractivity contribution < 1.29 is 23.8 Å². The molecule has 2 N–H and O–H groups in total. The van der Waals surface area contributed by atoms with Crippen LogP contribution in [0.25, 0.3) is 0 Å². The van der Waals surface area contributed by atoms with Crippen LogP contribution < -0.4 is 19.9 Å². The van der Waals surface area contributed by atoms with E-state index in [0.29, 0.717) is 71.8 Å². The molecule has 230 valence electrons. The first-order valence-electron chi connectivity index (χ1n) is 14.3. The normalized spacial score (nSPS) is 24.1. The zero-order valence-corrected chi connectivity index (χ0v) is 27.2. The van der Waals surface area contributed by atoms with Gasteiger partial charge in [0.25, 0.3) is 5.91 Å². The Bertz CT molecular complexity index is 1480. The number of benzene rings is 2. The summed E-state index contributed by atoms with van der Waals surface area (Å²) < 4.78 is 16.5. The molecule has 0 radical (unpaired) electrons. The molecule has 11 heteroatoms. The number of carbonyl (C=O) groups excluding carboxylic acids is 2. The number of hydrogen-bond acceptors (Lipinski definition) is 7. The van der Waals surface area contributed by atoms with E-state index < -0.39 is 10.8 Å². The standard InChI is InChI=1S/C32H37Cl2N3O5S/c1-5-36-12-10-31(30(35)39,27-7-6-14-43-27)18-26(36)32(21-8-9-22(33)23(34)17-21)11-13-37(19-32)29(38)20-15-24(40-2)28(42-4)25(16-20)41-3/h6-9,14-17,26H,5,10-13,18-19H2,1-4H3,(H2,35,39). The molecule has 2 aliphatic heterocycles. The number of thiophene rings is 1. The van der Waals surface area contributed by atoms with E-state index in [1.54, 1.807) is 23.5 Å². The van der Waals surface area contributed by atoms with Gasteiger partial charge in [-0.2, -0.15) is 0 Å². The van der Waals surface area contributed by atoms with Gasteiger partial charge in [-0.25, -0.2) is 0 Å². The maximum Gasteiger partial charge on any atom is 0.254 e. The van der Waals surface area contributed by atoms with Gasteiger partial charge in [-0.15, -0.1) is 11.3 Å². The van der Waals surface area contributed by atoms with Crippen LogP contribution in [0.3, 0.4) is 0 Å². The molecular formula is C32H37Cl2N3O5S. The highest BCUT2D eigenvalue weighted by Gasteiger charge is 2.56. The van der Waals surface area contributed by atoms with Crippen LogP contribution in [0.15, 0.2) is 47.8 Å². The molecule has 3 heterocycles. The number of hydrogen-bond donors (Lipinski definition) is 1. The fraction of sp³-hybridized carbons (Fsp3) is 0.438. The number of likely N-dealkylation sites (tertiary alicyclic amines) is 2. The summed E-state index contributed by atoms with van der Waals surface area (Å²) in [5.74, 6) is 0.770. The highest BCUT2D eigenvalue weighted by atomic mass is 35.5. The zero-order chi connectivity index (χ0) is 30.9. The topological polar surface area (TPSA) is 94.3 Å². The molecule has 2 aromatic carbocycles. The summed E-state index contributed by atoms with van der Waals surface area (Å²) in [6, 6.07) is 13.0. The third-order valence-corrected chi connectivity index (χ3v) is 11.1. The molecule has 3 unspecified atom stereocenters. The van der Waals surface area contributed by atoms with Gasteiger partial charge in [-0.05, 0) is 73.6 Å². The number of carbonyl (C=O) groups is 2. The van der Waals surface area contributed by atoms with Crippen LogP contribution in [0.2, 0.25) is 10.0 Å². The minimum Gasteiger partial charge on any atom is -0.493 e. The van der Waals surface area contributed by atoms with Gasteiger partial charge in [0, 0.05) is 35.0 Å². The Morgan fingerprint density at radius 1 is 1.00 bits per heavy atom. The van der Waals surface area contributed by atoms with Crippen molar-refractivity contribution in [3.8, 4) is 17.2 Å². The fourth-order valence-corrected chi connectivity index (χ4v) is 8.26. The summed E-state index contributed by atoms with van der Waals surface area (Å²) in [5, 5.41) is 2.90. The first kappa shape index (κ1) is 31.4. The predicted molar refractivity (Wildman–Crippen MR) is 170 cm³/mol. The Morgan fingerprint density at radius 3 is 2.28 bits per heavy atom. The van der Waals surface area contributed by atoms with Crippen molar-refractivity contribution in [2.75, 3.05) is 47.5 Å². The van der Waals surface area contributed by atoms with Gasteiger partial charge < -0.3 is 24.8 Å². The molecular weight excluding hydrogens is 609 g/mol. The van der Waals surface area contributed by atoms with Gasteiger partial charge in [0.2, 0.25) is 11.7 Å². The van der Waals surface area contributed by atoms with Crippen LogP contribution in [-0.4, -0.2) is 75.2 Å². The summed E-state index contributed by atoms with van der Waals surface area (Å²) in [7, 11) is 4.58. The van der Waals surface area contributed by atoms with E-state index in [-0.39, 0.29) is 17.9 Å². The summed E-state index contributed by atoms with van der Waals surface area (Å²) >= 11 is 14.5. The van der Waals surface area contributed by atoms with Gasteiger partial charge >= 0.3 is 0 Å². The minimum absolute atomic E-state index is 0.101. The van der Waals surface area contributed by atoms with E-state index in [0.717, 1.165) is 17.0 Å². The first-order chi connectivity index (χ1) is 20.6. The number of amides is 2. The molecule has 0 aliphatic carbocycles. The van der Waals surface area contributed by atoms with E-state index >= 15 is 0 Å². The van der Waals surface area contributed by atoms with E-state index in [4.69, 9.17) is 43.1 Å². The van der Waals surface area contributed by atoms with Crippen LogP contribution >= 0.6 is 34.5 Å². The molecule has 0 saturated carbocycles. The van der Waals surface area contributed by atoms with E-state index in [9.17, 15) is 9.59 Å². The van der Waals surface area contributed by atoms with Crippen LogP contribution in [0.1, 0.15) is 47.0 Å². The van der Waals surface area contributed by atoms with E-state index in [1.165, 1.54) is 21.3 Å². The smallest absolute Gasteiger partial charge is 0.254 e. The number of nitrogens with zero attached hydrogens (tertiary/aromatic N) is 2. The summed E-state index contributed by atoms with van der Waals surface area (Å²) in [6.45, 7) is 4.54. The van der Waals surface area contributed by atoms with Crippen molar-refractivity contribution >= 4 is 46.4 Å². The molecule has 2 saturated heterocycles. The predicted octanol–water partition coefficient (Wildman–Crippen LogP) is 5.77. The molecule has 0 spiro atoms. The zero-order valence-electron chi connectivity index (χ0n) is 24.8. The van der Waals surface area contributed by atoms with Gasteiger partial charge in [0.15, 0.2) is 11.5 Å². The third kappa shape index (κ3) is 5.45. The van der Waals surface area contributed by atoms with Gasteiger partial charge in [0.1, 0.15) is 0 Å². The number of piperidine rings is 1. The number of halogens is 2. The van der Waals surface area contributed by atoms with Crippen molar-refractivity contribution in [3.05, 3.63) is 73.9 Å². The van der Waals surface area contributed by atoms with E-state index in [2.05, 4.69) is 11.8 Å². The molecule has 5 rings (SSSR count). The largest absolute Gasteiger partial charge is 0.493 e. The van der Waals surface area contributed by atoms with Gasteiger partial charge in [0.05, 0.1) is 36.8 Å². The molecule has 3 atom stereocenters. The van der Waals surface area contributed by atoms with Crippen LogP contribution in [0.5, 0.6) is 17.2 Å². The lowest BCUT2D eigenvalue weighted by Crippen LogP contribution is -2.61. The van der Waals surface area contributed by atoms with E-state index in [1.807, 2.05) is 40.6 Å². The number of methoxy groups -OCH3 is 3. The fourth-order valence-electron chi connectivity index (χ4n) is 6.99. The Balaban J connectivity index is 1.60. The average molecular weight is 647 g/mol. The molecule has 8 nitrogen and oxygen atoms in total. The quantitative estimate of drug-likeness (QED) is 0.317. The second kappa shape index (κ2) is 12.6. The molecule has 2 amide bonds. The molecule has 2 aliphatic rings. The number of rotatable bonds is 9. The Kier molecular flexibility index (Phi) is 9.18. The number of ether oxygens (including phenoxy) is 3. The SMILES string of the molecule is CCN1CCC(C(N)=O)(c2cccs2)CC1C1(c2ccc(Cl)c(Cl)c2)CCN(C(=O)c2cc(OC)c(OC)c(OC)c2)C1. The average Bonchev–Trinajstić information content (AvgIpc) is 3.73. The second-order valence-corrected chi connectivity index (χ2v) is 13.0. The lowest BCUT2D eigenvalue weighted by Gasteiger charge is -2.52. The van der Waals surface area contributed by atoms with Gasteiger partial charge in [-0.3, -0.25) is 14.5 Å². The molecule has 43 heavy (non-hydrogen) atoms. The van der Waals surface area contributed by atoms with Crippen LogP contribution in [0.4, 0.5) is 0 Å². The highest BCUT2D eigenvalue weighted by molar-refractivity contribution is 7.10. The Hall–Kier alpha value is -2.98. The number of nitrogens with two attached hydrogens (primary N) is 1. The lowest BCUT2D eigenvalue weighted by atomic mass is 9.63. The molecule has 0 bridgehead atoms. The second-order valence-electron chi connectivity index (χ2n) is 11.2. The summed E-state index contributed by atoms with van der Waals surface area (Å²) in [4.78, 5) is 32.7. The van der Waals surface area contributed by atoms with Crippen LogP contribution in [-0.2, 0) is 15.6 Å². The van der Waals surface area contributed by atoms with Crippen molar-refractivity contribution in [1.82, 2.24) is 9.80 Å². The van der Waals surface area contributed by atoms with Crippen molar-refractivity contribution in [1.29, 1.82) is 0 Å². The van der Waals surface area contributed by atoms with Crippen molar-refractivity contribution in [2.45, 2.75) is 43.1 Å². The van der Waals surface area contributed by atoms with Crippen molar-refractivity contribution in [2.24, 2.45) is 5.73 Å². The molecule has 1 aromatic heterocycles. The summed E-state index contributed by atoms with van der Waals surface area (Å²) in [5.41, 5.74) is 6.28. The number of likely N-dealkylation sites (N-methyl/N-ethyl adjacent to an activating group) is 1. The first-order valence-corrected chi connectivity index (χ1v) is 15.9.